The van der Waals surface area contributed by atoms with Gasteiger partial charge in [0.25, 0.3) is 0 Å². The summed E-state index contributed by atoms with van der Waals surface area (Å²) in [6.45, 7) is 6.14. The van der Waals surface area contributed by atoms with Crippen molar-refractivity contribution < 1.29 is 0 Å². The Morgan fingerprint density at radius 1 is 0.719 bits per heavy atom. The van der Waals surface area contributed by atoms with Gasteiger partial charge in [0.05, 0.1) is 0 Å². The van der Waals surface area contributed by atoms with Crippen LogP contribution in [0.2, 0.25) is 0 Å². The minimum Gasteiger partial charge on any atom is -0.143 e. The molecule has 5 aromatic heterocycles. The summed E-state index contributed by atoms with van der Waals surface area (Å²) in [4.78, 5) is 8.22. The third-order valence-electron chi connectivity index (χ3n) is 5.18. The van der Waals surface area contributed by atoms with Gasteiger partial charge in [0, 0.05) is 59.5 Å². The molecule has 0 nitrogen and oxygen atoms in total. The molecule has 0 atom stereocenters. The van der Waals surface area contributed by atoms with E-state index in [1.807, 2.05) is 82.3 Å². The monoisotopic (exact) mass is 526 g/mol. The fourth-order valence-electron chi connectivity index (χ4n) is 3.84. The molecule has 0 amide bonds. The Morgan fingerprint density at radius 2 is 1.22 bits per heavy atom. The lowest BCUT2D eigenvalue weighted by molar-refractivity contribution is 1.50. The second-order valence-electron chi connectivity index (χ2n) is 6.87. The summed E-state index contributed by atoms with van der Waals surface area (Å²) in [5.41, 5.74) is 0. The van der Waals surface area contributed by atoms with Gasteiger partial charge in [-0.1, -0.05) is 32.1 Å². The molecule has 5 heterocycles. The van der Waals surface area contributed by atoms with Crippen LogP contribution in [0.1, 0.15) is 25.6 Å². The van der Waals surface area contributed by atoms with Crippen molar-refractivity contribution >= 4 is 104 Å². The summed E-state index contributed by atoms with van der Waals surface area (Å²) in [6, 6.07) is 16.0. The number of allylic oxidation sites excluding steroid dienone is 1. The van der Waals surface area contributed by atoms with Crippen LogP contribution in [0.4, 0.5) is 0 Å². The summed E-state index contributed by atoms with van der Waals surface area (Å²) < 4.78 is 4.29. The first kappa shape index (κ1) is 22.4. The number of hydrogen-bond acceptors (Lipinski definition) is 6. The zero-order valence-corrected chi connectivity index (χ0v) is 23.1. The van der Waals surface area contributed by atoms with Crippen LogP contribution in [0.3, 0.4) is 0 Å². The zero-order chi connectivity index (χ0) is 22.2. The summed E-state index contributed by atoms with van der Waals surface area (Å²) in [7, 11) is 0. The van der Waals surface area contributed by atoms with E-state index in [1.54, 1.807) is 0 Å². The number of fused-ring (bicyclic) bond motifs is 6. The third-order valence-corrected chi connectivity index (χ3v) is 11.9. The standard InChI is InChI=1S/C24H16S6.C2H6/c1-3-16(25-2)19-10-13-22(28-19)14-11-20(17-6-4-8-26-17)30-24(14)15-12-21(29-23(13)15)18-7-5-9-27-18;1-2/h3-12H,1-2H3;1-2H3/b16-3-;. The van der Waals surface area contributed by atoms with Crippen LogP contribution in [-0.4, -0.2) is 6.26 Å². The Labute approximate surface area is 212 Å². The molecule has 1 aromatic carbocycles. The van der Waals surface area contributed by atoms with Gasteiger partial charge in [-0.05, 0) is 54.3 Å². The van der Waals surface area contributed by atoms with Gasteiger partial charge in [-0.25, -0.2) is 0 Å². The average molecular weight is 527 g/mol. The molecular formula is C26H22S6. The molecule has 6 aromatic rings. The highest BCUT2D eigenvalue weighted by atomic mass is 32.2. The predicted molar refractivity (Wildman–Crippen MR) is 158 cm³/mol. The topological polar surface area (TPSA) is 0 Å². The van der Waals surface area contributed by atoms with E-state index < -0.39 is 0 Å². The molecule has 6 rings (SSSR count). The van der Waals surface area contributed by atoms with Crippen LogP contribution < -0.4 is 0 Å². The number of thiophene rings is 5. The largest absolute Gasteiger partial charge is 0.143 e. The zero-order valence-electron chi connectivity index (χ0n) is 18.2. The quantitative estimate of drug-likeness (QED) is 0.220. The molecule has 0 fully saturated rings. The van der Waals surface area contributed by atoms with Gasteiger partial charge in [0.1, 0.15) is 0 Å². The van der Waals surface area contributed by atoms with Crippen molar-refractivity contribution in [3.05, 3.63) is 64.2 Å². The molecule has 0 N–H and O–H groups in total. The number of rotatable bonds is 4. The molecule has 32 heavy (non-hydrogen) atoms. The van der Waals surface area contributed by atoms with E-state index in [0.717, 1.165) is 0 Å². The molecule has 0 saturated heterocycles. The highest BCUT2D eigenvalue weighted by Crippen LogP contribution is 2.51. The van der Waals surface area contributed by atoms with Gasteiger partial charge in [0.15, 0.2) is 0 Å². The van der Waals surface area contributed by atoms with Gasteiger partial charge >= 0.3 is 0 Å². The van der Waals surface area contributed by atoms with Crippen LogP contribution in [-0.2, 0) is 0 Å². The molecular weight excluding hydrogens is 505 g/mol. The Bertz CT molecular complexity index is 1410. The molecule has 0 aliphatic rings. The lowest BCUT2D eigenvalue weighted by atomic mass is 10.1. The Morgan fingerprint density at radius 3 is 1.66 bits per heavy atom. The third kappa shape index (κ3) is 3.71. The van der Waals surface area contributed by atoms with Crippen LogP contribution in [0.25, 0.3) is 54.7 Å². The van der Waals surface area contributed by atoms with E-state index in [0.29, 0.717) is 0 Å². The van der Waals surface area contributed by atoms with Gasteiger partial charge in [-0.3, -0.25) is 0 Å². The first-order valence-corrected chi connectivity index (χ1v) is 15.9. The fraction of sp³-hybridized carbons (Fsp3) is 0.154. The SMILES string of the molecule is C/C=C(\SC)c1cc2c(s1)c1cc(-c3cccs3)sc1c1cc(-c3cccs3)sc21.CC. The van der Waals surface area contributed by atoms with Crippen molar-refractivity contribution in [1.29, 1.82) is 0 Å². The van der Waals surface area contributed by atoms with Gasteiger partial charge in [-0.2, -0.15) is 0 Å². The van der Waals surface area contributed by atoms with Crippen molar-refractivity contribution in [3.63, 3.8) is 0 Å². The Hall–Kier alpha value is -1.41. The molecule has 0 unspecified atom stereocenters. The van der Waals surface area contributed by atoms with Crippen molar-refractivity contribution in [2.45, 2.75) is 20.8 Å². The van der Waals surface area contributed by atoms with Crippen LogP contribution in [0, 0.1) is 0 Å². The second-order valence-corrected chi connectivity index (χ2v) is 12.8. The molecule has 6 heteroatoms. The van der Waals surface area contributed by atoms with E-state index >= 15 is 0 Å². The molecule has 0 spiro atoms. The maximum atomic E-state index is 2.42. The Kier molecular flexibility index (Phi) is 6.61. The van der Waals surface area contributed by atoms with Gasteiger partial charge in [-0.15, -0.1) is 68.4 Å². The molecule has 0 saturated carbocycles. The number of thioether (sulfide) groups is 1. The first-order valence-electron chi connectivity index (χ1n) is 10.5. The van der Waals surface area contributed by atoms with E-state index in [9.17, 15) is 0 Å². The van der Waals surface area contributed by atoms with Crippen molar-refractivity contribution in [1.82, 2.24) is 0 Å². The first-order chi connectivity index (χ1) is 15.8. The predicted octanol–water partition coefficient (Wildman–Crippen LogP) is 11.5. The minimum absolute atomic E-state index is 1.36. The minimum atomic E-state index is 1.36. The van der Waals surface area contributed by atoms with Gasteiger partial charge < -0.3 is 0 Å². The van der Waals surface area contributed by atoms with Crippen molar-refractivity contribution in [2.24, 2.45) is 0 Å². The second kappa shape index (κ2) is 9.45. The average Bonchev–Trinajstić information content (AvgIpc) is 3.62. The fourth-order valence-corrected chi connectivity index (χ4v) is 10.1. The summed E-state index contributed by atoms with van der Waals surface area (Å²) in [5, 5.41) is 8.58. The normalized spacial score (nSPS) is 12.1. The van der Waals surface area contributed by atoms with Crippen LogP contribution >= 0.6 is 68.4 Å². The van der Waals surface area contributed by atoms with Gasteiger partial charge in [0.2, 0.25) is 0 Å². The maximum Gasteiger partial charge on any atom is 0.0455 e. The highest BCUT2D eigenvalue weighted by Gasteiger charge is 2.19. The Balaban J connectivity index is 0.00000105. The van der Waals surface area contributed by atoms with Crippen LogP contribution in [0.5, 0.6) is 0 Å². The van der Waals surface area contributed by atoms with E-state index in [4.69, 9.17) is 0 Å². The lowest BCUT2D eigenvalue weighted by Crippen LogP contribution is -1.69. The molecule has 0 radical (unpaired) electrons. The van der Waals surface area contributed by atoms with Crippen molar-refractivity contribution in [3.8, 4) is 19.5 Å². The van der Waals surface area contributed by atoms with E-state index in [1.165, 1.54) is 59.5 Å². The highest BCUT2D eigenvalue weighted by molar-refractivity contribution is 8.07. The molecule has 0 aliphatic carbocycles. The van der Waals surface area contributed by atoms with Crippen molar-refractivity contribution in [2.75, 3.05) is 6.26 Å². The lowest BCUT2D eigenvalue weighted by Gasteiger charge is -1.96. The molecule has 0 aliphatic heterocycles. The smallest absolute Gasteiger partial charge is 0.0455 e. The summed E-state index contributed by atoms with van der Waals surface area (Å²) >= 11 is 11.3. The molecule has 0 bridgehead atoms. The summed E-state index contributed by atoms with van der Waals surface area (Å²) in [5.74, 6) is 0. The maximum absolute atomic E-state index is 2.42. The number of hydrogen-bond donors (Lipinski definition) is 0. The summed E-state index contributed by atoms with van der Waals surface area (Å²) in [6.07, 6.45) is 4.41. The number of benzene rings is 1. The van der Waals surface area contributed by atoms with Crippen LogP contribution in [0.15, 0.2) is 59.3 Å². The molecule has 162 valence electrons. The van der Waals surface area contributed by atoms with E-state index in [2.05, 4.69) is 72.5 Å². The van der Waals surface area contributed by atoms with E-state index in [-0.39, 0.29) is 0 Å².